The van der Waals surface area contributed by atoms with E-state index < -0.39 is 6.10 Å². The molecule has 0 heterocycles. The Labute approximate surface area is 122 Å². The fraction of sp³-hybridized carbons (Fsp3) is 0.250. The maximum Gasteiger partial charge on any atom is 0.125 e. The number of para-hydroxylation sites is 1. The van der Waals surface area contributed by atoms with Crippen LogP contribution in [0.3, 0.4) is 0 Å². The van der Waals surface area contributed by atoms with Gasteiger partial charge in [-0.05, 0) is 37.1 Å². The van der Waals surface area contributed by atoms with Gasteiger partial charge in [-0.15, -0.1) is 0 Å². The first kappa shape index (κ1) is 14.1. The molecule has 2 nitrogen and oxygen atoms in total. The second-order valence-corrected chi connectivity index (χ2v) is 5.18. The van der Waals surface area contributed by atoms with Gasteiger partial charge in [-0.2, -0.15) is 0 Å². The SMILES string of the molecule is CCOc1ccccc1C(O)c1cccc(Br)c1C. The molecule has 0 fully saturated rings. The van der Waals surface area contributed by atoms with Gasteiger partial charge in [0, 0.05) is 10.0 Å². The molecule has 1 atom stereocenters. The molecule has 2 aromatic carbocycles. The first-order chi connectivity index (χ1) is 9.15. The molecule has 0 spiro atoms. The maximum atomic E-state index is 10.6. The summed E-state index contributed by atoms with van der Waals surface area (Å²) in [4.78, 5) is 0. The number of benzene rings is 2. The van der Waals surface area contributed by atoms with Crippen molar-refractivity contribution >= 4 is 15.9 Å². The molecule has 1 N–H and O–H groups in total. The van der Waals surface area contributed by atoms with E-state index in [0.29, 0.717) is 6.61 Å². The lowest BCUT2D eigenvalue weighted by Gasteiger charge is -2.18. The van der Waals surface area contributed by atoms with E-state index in [4.69, 9.17) is 4.74 Å². The number of hydrogen-bond donors (Lipinski definition) is 1. The molecule has 3 heteroatoms. The predicted molar refractivity (Wildman–Crippen MR) is 80.6 cm³/mol. The summed E-state index contributed by atoms with van der Waals surface area (Å²) >= 11 is 3.49. The number of rotatable bonds is 4. The molecule has 0 aliphatic carbocycles. The van der Waals surface area contributed by atoms with Gasteiger partial charge in [-0.25, -0.2) is 0 Å². The molecular formula is C16H17BrO2. The lowest BCUT2D eigenvalue weighted by atomic mass is 9.97. The Bertz CT molecular complexity index is 566. The smallest absolute Gasteiger partial charge is 0.125 e. The van der Waals surface area contributed by atoms with E-state index >= 15 is 0 Å². The van der Waals surface area contributed by atoms with Crippen molar-refractivity contribution in [3.05, 3.63) is 63.6 Å². The molecular weight excluding hydrogens is 304 g/mol. The third-order valence-electron chi connectivity index (χ3n) is 3.12. The van der Waals surface area contributed by atoms with Gasteiger partial charge in [0.25, 0.3) is 0 Å². The summed E-state index contributed by atoms with van der Waals surface area (Å²) in [7, 11) is 0. The number of ether oxygens (including phenoxy) is 1. The van der Waals surface area contributed by atoms with Gasteiger partial charge in [0.1, 0.15) is 11.9 Å². The van der Waals surface area contributed by atoms with E-state index in [1.807, 2.05) is 56.3 Å². The van der Waals surface area contributed by atoms with Gasteiger partial charge in [-0.3, -0.25) is 0 Å². The summed E-state index contributed by atoms with van der Waals surface area (Å²) in [6.45, 7) is 4.51. The average Bonchev–Trinajstić information content (AvgIpc) is 2.42. The third-order valence-corrected chi connectivity index (χ3v) is 3.98. The first-order valence-corrected chi connectivity index (χ1v) is 7.09. The van der Waals surface area contributed by atoms with Gasteiger partial charge in [0.2, 0.25) is 0 Å². The highest BCUT2D eigenvalue weighted by atomic mass is 79.9. The zero-order valence-corrected chi connectivity index (χ0v) is 12.6. The highest BCUT2D eigenvalue weighted by Gasteiger charge is 2.17. The number of aliphatic hydroxyl groups excluding tert-OH is 1. The molecule has 19 heavy (non-hydrogen) atoms. The molecule has 0 aromatic heterocycles. The molecule has 0 aliphatic heterocycles. The monoisotopic (exact) mass is 320 g/mol. The molecule has 1 unspecified atom stereocenters. The molecule has 0 aliphatic rings. The van der Waals surface area contributed by atoms with E-state index in [1.165, 1.54) is 0 Å². The molecule has 0 bridgehead atoms. The summed E-state index contributed by atoms with van der Waals surface area (Å²) in [5.41, 5.74) is 2.73. The van der Waals surface area contributed by atoms with Gasteiger partial charge >= 0.3 is 0 Å². The predicted octanol–water partition coefficient (Wildman–Crippen LogP) is 4.24. The largest absolute Gasteiger partial charge is 0.493 e. The second-order valence-electron chi connectivity index (χ2n) is 4.33. The van der Waals surface area contributed by atoms with Crippen LogP contribution < -0.4 is 4.74 Å². The molecule has 0 saturated carbocycles. The Kier molecular flexibility index (Phi) is 4.61. The molecule has 0 amide bonds. The Balaban J connectivity index is 2.44. The van der Waals surface area contributed by atoms with Crippen molar-refractivity contribution in [3.63, 3.8) is 0 Å². The van der Waals surface area contributed by atoms with Crippen LogP contribution in [0.1, 0.15) is 29.7 Å². The van der Waals surface area contributed by atoms with Crippen LogP contribution in [0.15, 0.2) is 46.9 Å². The van der Waals surface area contributed by atoms with Crippen LogP contribution in [-0.4, -0.2) is 11.7 Å². The minimum absolute atomic E-state index is 0.585. The number of halogens is 1. The summed E-state index contributed by atoms with van der Waals surface area (Å²) in [5, 5.41) is 10.6. The zero-order valence-electron chi connectivity index (χ0n) is 11.1. The van der Waals surface area contributed by atoms with Crippen LogP contribution in [-0.2, 0) is 0 Å². The van der Waals surface area contributed by atoms with Gasteiger partial charge < -0.3 is 9.84 Å². The van der Waals surface area contributed by atoms with Gasteiger partial charge in [0.05, 0.1) is 6.61 Å². The first-order valence-electron chi connectivity index (χ1n) is 6.30. The minimum atomic E-state index is -0.680. The molecule has 2 rings (SSSR count). The standard InChI is InChI=1S/C16H17BrO2/c1-3-19-15-10-5-4-7-13(15)16(18)12-8-6-9-14(17)11(12)2/h4-10,16,18H,3H2,1-2H3. The fourth-order valence-electron chi connectivity index (χ4n) is 2.08. The Hall–Kier alpha value is -1.32. The van der Waals surface area contributed by atoms with Crippen LogP contribution in [0.2, 0.25) is 0 Å². The molecule has 0 radical (unpaired) electrons. The zero-order chi connectivity index (χ0) is 13.8. The van der Waals surface area contributed by atoms with Crippen LogP contribution in [0, 0.1) is 6.92 Å². The summed E-state index contributed by atoms with van der Waals surface area (Å²) in [6.07, 6.45) is -0.680. The molecule has 2 aromatic rings. The van der Waals surface area contributed by atoms with Gasteiger partial charge in [0.15, 0.2) is 0 Å². The minimum Gasteiger partial charge on any atom is -0.493 e. The lowest BCUT2D eigenvalue weighted by Crippen LogP contribution is -2.05. The summed E-state index contributed by atoms with van der Waals surface area (Å²) in [6, 6.07) is 13.4. The number of hydrogen-bond acceptors (Lipinski definition) is 2. The van der Waals surface area contributed by atoms with Crippen molar-refractivity contribution in [2.45, 2.75) is 20.0 Å². The molecule has 0 saturated heterocycles. The maximum absolute atomic E-state index is 10.6. The van der Waals surface area contributed by atoms with Crippen molar-refractivity contribution in [1.29, 1.82) is 0 Å². The van der Waals surface area contributed by atoms with E-state index in [0.717, 1.165) is 26.9 Å². The topological polar surface area (TPSA) is 29.5 Å². The van der Waals surface area contributed by atoms with Crippen molar-refractivity contribution < 1.29 is 9.84 Å². The normalized spacial score (nSPS) is 12.2. The van der Waals surface area contributed by atoms with Gasteiger partial charge in [-0.1, -0.05) is 46.3 Å². The Morgan fingerprint density at radius 3 is 2.53 bits per heavy atom. The quantitative estimate of drug-likeness (QED) is 0.913. The van der Waals surface area contributed by atoms with Crippen molar-refractivity contribution in [2.75, 3.05) is 6.61 Å². The van der Waals surface area contributed by atoms with Crippen LogP contribution in [0.5, 0.6) is 5.75 Å². The Morgan fingerprint density at radius 2 is 1.79 bits per heavy atom. The number of aliphatic hydroxyl groups is 1. The van der Waals surface area contributed by atoms with E-state index in [-0.39, 0.29) is 0 Å². The average molecular weight is 321 g/mol. The van der Waals surface area contributed by atoms with Crippen molar-refractivity contribution in [2.24, 2.45) is 0 Å². The van der Waals surface area contributed by atoms with E-state index in [9.17, 15) is 5.11 Å². The second kappa shape index (κ2) is 6.22. The summed E-state index contributed by atoms with van der Waals surface area (Å²) in [5.74, 6) is 0.733. The Morgan fingerprint density at radius 1 is 1.11 bits per heavy atom. The van der Waals surface area contributed by atoms with Crippen LogP contribution >= 0.6 is 15.9 Å². The van der Waals surface area contributed by atoms with Crippen molar-refractivity contribution in [3.8, 4) is 5.75 Å². The van der Waals surface area contributed by atoms with Crippen LogP contribution in [0.4, 0.5) is 0 Å². The van der Waals surface area contributed by atoms with E-state index in [1.54, 1.807) is 0 Å². The summed E-state index contributed by atoms with van der Waals surface area (Å²) < 4.78 is 6.58. The highest BCUT2D eigenvalue weighted by Crippen LogP contribution is 2.33. The van der Waals surface area contributed by atoms with E-state index in [2.05, 4.69) is 15.9 Å². The molecule has 100 valence electrons. The third kappa shape index (κ3) is 2.99. The van der Waals surface area contributed by atoms with Crippen molar-refractivity contribution in [1.82, 2.24) is 0 Å². The highest BCUT2D eigenvalue weighted by molar-refractivity contribution is 9.10. The van der Waals surface area contributed by atoms with Crippen LogP contribution in [0.25, 0.3) is 0 Å². The fourth-order valence-corrected chi connectivity index (χ4v) is 2.46. The lowest BCUT2D eigenvalue weighted by molar-refractivity contribution is 0.211.